The molecule has 1 nitrogen and oxygen atoms in total. The minimum absolute atomic E-state index is 0.0354. The molecule has 0 radical (unpaired) electrons. The number of alkyl halides is 3. The summed E-state index contributed by atoms with van der Waals surface area (Å²) in [6.45, 7) is 1.81. The van der Waals surface area contributed by atoms with Crippen molar-refractivity contribution in [3.05, 3.63) is 35.1 Å². The van der Waals surface area contributed by atoms with E-state index in [0.29, 0.717) is 11.6 Å². The van der Waals surface area contributed by atoms with Gasteiger partial charge in [0, 0.05) is 6.04 Å². The average molecular weight is 247 g/mol. The second-order valence-corrected chi connectivity index (χ2v) is 4.64. The van der Waals surface area contributed by atoms with Gasteiger partial charge in [-0.3, -0.25) is 0 Å². The summed E-state index contributed by atoms with van der Waals surface area (Å²) in [7, 11) is 0. The largest absolute Gasteiger partial charge is 0.416 e. The SMILES string of the molecule is CC(N)C1CC1c1cc(F)cc(C(F)(F)F)c1. The Morgan fingerprint density at radius 3 is 2.41 bits per heavy atom. The number of halogens is 4. The minimum atomic E-state index is -4.50. The van der Waals surface area contributed by atoms with Crippen molar-refractivity contribution in [2.24, 2.45) is 11.7 Å². The summed E-state index contributed by atoms with van der Waals surface area (Å²) in [6.07, 6.45) is -3.77. The summed E-state index contributed by atoms with van der Waals surface area (Å²) in [4.78, 5) is 0. The van der Waals surface area contributed by atoms with E-state index in [1.165, 1.54) is 6.07 Å². The summed E-state index contributed by atoms with van der Waals surface area (Å²) in [6, 6.07) is 2.64. The fourth-order valence-electron chi connectivity index (χ4n) is 2.17. The molecular formula is C12H13F4N. The highest BCUT2D eigenvalue weighted by molar-refractivity contribution is 5.33. The third kappa shape index (κ3) is 2.60. The Bertz CT molecular complexity index is 425. The van der Waals surface area contributed by atoms with Crippen molar-refractivity contribution in [1.82, 2.24) is 0 Å². The molecule has 0 aliphatic heterocycles. The molecule has 1 aromatic carbocycles. The molecule has 0 heterocycles. The van der Waals surface area contributed by atoms with E-state index in [9.17, 15) is 17.6 Å². The van der Waals surface area contributed by atoms with Gasteiger partial charge in [-0.1, -0.05) is 0 Å². The molecule has 0 saturated heterocycles. The van der Waals surface area contributed by atoms with E-state index in [1.54, 1.807) is 0 Å². The van der Waals surface area contributed by atoms with E-state index >= 15 is 0 Å². The van der Waals surface area contributed by atoms with Crippen LogP contribution in [0.25, 0.3) is 0 Å². The molecule has 0 aromatic heterocycles. The molecule has 0 amide bonds. The van der Waals surface area contributed by atoms with E-state index in [-0.39, 0.29) is 17.9 Å². The zero-order valence-electron chi connectivity index (χ0n) is 9.26. The van der Waals surface area contributed by atoms with Crippen LogP contribution >= 0.6 is 0 Å². The maximum Gasteiger partial charge on any atom is 0.416 e. The van der Waals surface area contributed by atoms with Crippen molar-refractivity contribution in [3.8, 4) is 0 Å². The second kappa shape index (κ2) is 3.98. The van der Waals surface area contributed by atoms with Crippen LogP contribution in [0.5, 0.6) is 0 Å². The van der Waals surface area contributed by atoms with Crippen LogP contribution < -0.4 is 5.73 Å². The highest BCUT2D eigenvalue weighted by atomic mass is 19.4. The van der Waals surface area contributed by atoms with Gasteiger partial charge in [-0.15, -0.1) is 0 Å². The predicted octanol–water partition coefficient (Wildman–Crippen LogP) is 3.30. The zero-order valence-corrected chi connectivity index (χ0v) is 9.26. The topological polar surface area (TPSA) is 26.0 Å². The first kappa shape index (κ1) is 12.4. The van der Waals surface area contributed by atoms with Crippen molar-refractivity contribution in [3.63, 3.8) is 0 Å². The maximum atomic E-state index is 13.1. The highest BCUT2D eigenvalue weighted by Gasteiger charge is 2.42. The average Bonchev–Trinajstić information content (AvgIpc) is 2.94. The van der Waals surface area contributed by atoms with Crippen molar-refractivity contribution < 1.29 is 17.6 Å². The minimum Gasteiger partial charge on any atom is -0.328 e. The fourth-order valence-corrected chi connectivity index (χ4v) is 2.17. The van der Waals surface area contributed by atoms with Crippen LogP contribution in [0.3, 0.4) is 0 Å². The Kier molecular flexibility index (Phi) is 2.89. The molecule has 3 atom stereocenters. The molecule has 2 rings (SSSR count). The van der Waals surface area contributed by atoms with Crippen LogP contribution in [0, 0.1) is 11.7 Å². The Labute approximate surface area is 96.6 Å². The van der Waals surface area contributed by atoms with Gasteiger partial charge in [-0.25, -0.2) is 4.39 Å². The Balaban J connectivity index is 2.28. The molecule has 5 heteroatoms. The van der Waals surface area contributed by atoms with E-state index in [1.807, 2.05) is 6.92 Å². The summed E-state index contributed by atoms with van der Waals surface area (Å²) >= 11 is 0. The fraction of sp³-hybridized carbons (Fsp3) is 0.500. The van der Waals surface area contributed by atoms with Crippen LogP contribution in [-0.2, 0) is 6.18 Å². The Morgan fingerprint density at radius 1 is 1.29 bits per heavy atom. The lowest BCUT2D eigenvalue weighted by molar-refractivity contribution is -0.137. The lowest BCUT2D eigenvalue weighted by Gasteiger charge is -2.10. The summed E-state index contributed by atoms with van der Waals surface area (Å²) < 4.78 is 50.6. The number of rotatable bonds is 2. The number of benzene rings is 1. The normalized spacial score (nSPS) is 25.8. The van der Waals surface area contributed by atoms with Crippen LogP contribution in [-0.4, -0.2) is 6.04 Å². The summed E-state index contributed by atoms with van der Waals surface area (Å²) in [5, 5.41) is 0. The molecule has 0 spiro atoms. The molecule has 0 bridgehead atoms. The third-order valence-electron chi connectivity index (χ3n) is 3.19. The lowest BCUT2D eigenvalue weighted by atomic mass is 10.0. The predicted molar refractivity (Wildman–Crippen MR) is 55.9 cm³/mol. The molecular weight excluding hydrogens is 234 g/mol. The molecule has 1 aliphatic rings. The van der Waals surface area contributed by atoms with E-state index in [2.05, 4.69) is 0 Å². The van der Waals surface area contributed by atoms with Gasteiger partial charge < -0.3 is 5.73 Å². The first-order chi connectivity index (χ1) is 7.79. The van der Waals surface area contributed by atoms with Gasteiger partial charge in [0.05, 0.1) is 5.56 Å². The van der Waals surface area contributed by atoms with Crippen molar-refractivity contribution in [2.45, 2.75) is 31.5 Å². The van der Waals surface area contributed by atoms with Gasteiger partial charge in [-0.2, -0.15) is 13.2 Å². The Hall–Kier alpha value is -1.10. The first-order valence-electron chi connectivity index (χ1n) is 5.42. The highest BCUT2D eigenvalue weighted by Crippen LogP contribution is 2.49. The standard InChI is InChI=1S/C12H13F4N/c1-6(17)10-5-11(10)7-2-8(12(14,15)16)4-9(13)3-7/h2-4,6,10-11H,5,17H2,1H3. The molecule has 17 heavy (non-hydrogen) atoms. The number of hydrogen-bond acceptors (Lipinski definition) is 1. The van der Waals surface area contributed by atoms with E-state index < -0.39 is 17.6 Å². The Morgan fingerprint density at radius 2 is 1.94 bits per heavy atom. The van der Waals surface area contributed by atoms with Gasteiger partial charge >= 0.3 is 6.18 Å². The van der Waals surface area contributed by atoms with Gasteiger partial charge in [0.15, 0.2) is 0 Å². The van der Waals surface area contributed by atoms with Crippen molar-refractivity contribution >= 4 is 0 Å². The van der Waals surface area contributed by atoms with Crippen LogP contribution in [0.15, 0.2) is 18.2 Å². The van der Waals surface area contributed by atoms with Gasteiger partial charge in [0.1, 0.15) is 5.82 Å². The lowest BCUT2D eigenvalue weighted by Crippen LogP contribution is -2.18. The quantitative estimate of drug-likeness (QED) is 0.797. The zero-order chi connectivity index (χ0) is 12.8. The number of nitrogens with two attached hydrogens (primary N) is 1. The second-order valence-electron chi connectivity index (χ2n) is 4.64. The maximum absolute atomic E-state index is 13.1. The van der Waals surface area contributed by atoms with E-state index in [0.717, 1.165) is 12.5 Å². The summed E-state index contributed by atoms with van der Waals surface area (Å²) in [5.74, 6) is -0.713. The molecule has 1 saturated carbocycles. The third-order valence-corrected chi connectivity index (χ3v) is 3.19. The molecule has 1 aliphatic carbocycles. The van der Waals surface area contributed by atoms with Gasteiger partial charge in [0.25, 0.3) is 0 Å². The smallest absolute Gasteiger partial charge is 0.328 e. The van der Waals surface area contributed by atoms with Gasteiger partial charge in [-0.05, 0) is 48.9 Å². The van der Waals surface area contributed by atoms with Crippen LogP contribution in [0.2, 0.25) is 0 Å². The number of hydrogen-bond donors (Lipinski definition) is 1. The molecule has 1 fully saturated rings. The molecule has 1 aromatic rings. The molecule has 94 valence electrons. The molecule has 2 N–H and O–H groups in total. The van der Waals surface area contributed by atoms with Crippen molar-refractivity contribution in [2.75, 3.05) is 0 Å². The summed E-state index contributed by atoms with van der Waals surface area (Å²) in [5.41, 5.74) is 5.15. The molecule has 3 unspecified atom stereocenters. The van der Waals surface area contributed by atoms with E-state index in [4.69, 9.17) is 5.73 Å². The monoisotopic (exact) mass is 247 g/mol. The van der Waals surface area contributed by atoms with Gasteiger partial charge in [0.2, 0.25) is 0 Å². The van der Waals surface area contributed by atoms with Crippen molar-refractivity contribution in [1.29, 1.82) is 0 Å². The van der Waals surface area contributed by atoms with Crippen LogP contribution in [0.1, 0.15) is 30.4 Å². The van der Waals surface area contributed by atoms with Crippen LogP contribution in [0.4, 0.5) is 17.6 Å². The first-order valence-corrected chi connectivity index (χ1v) is 5.42.